The topological polar surface area (TPSA) is 104 Å². The van der Waals surface area contributed by atoms with Crippen molar-refractivity contribution in [2.24, 2.45) is 0 Å². The number of halogens is 4. The summed E-state index contributed by atoms with van der Waals surface area (Å²) in [5.74, 6) is -4.31. The van der Waals surface area contributed by atoms with Crippen molar-refractivity contribution in [3.05, 3.63) is 97.7 Å². The maximum absolute atomic E-state index is 14.9. The smallest absolute Gasteiger partial charge is 0.336 e. The van der Waals surface area contributed by atoms with Gasteiger partial charge in [-0.15, -0.1) is 0 Å². The summed E-state index contributed by atoms with van der Waals surface area (Å²) >= 11 is 0. The zero-order valence-electron chi connectivity index (χ0n) is 23.5. The molecule has 1 aromatic heterocycles. The second-order valence-electron chi connectivity index (χ2n) is 10.8. The van der Waals surface area contributed by atoms with Crippen LogP contribution >= 0.6 is 0 Å². The molecule has 0 bridgehead atoms. The van der Waals surface area contributed by atoms with Gasteiger partial charge in [0, 0.05) is 30.3 Å². The molecule has 1 saturated heterocycles. The molecule has 2 aromatic carbocycles. The van der Waals surface area contributed by atoms with Crippen LogP contribution in [0.4, 0.5) is 17.6 Å². The van der Waals surface area contributed by atoms with E-state index in [1.165, 1.54) is 42.0 Å². The minimum Gasteiger partial charge on any atom is -0.336 e. The second-order valence-corrected chi connectivity index (χ2v) is 10.8. The minimum absolute atomic E-state index is 0.0156. The molecule has 9 nitrogen and oxygen atoms in total. The third kappa shape index (κ3) is 6.15. The Bertz CT molecular complexity index is 1670. The standard InChI is InChI=1S/C30H28F4N4O5/c1-17-18(2)27(40)35-38(43-29(42)30(32,33)34)25(17)14-19-7-10-24(31)23(13-19)28(41)36-11-12-37(26(39)16-36)22-9-8-20-5-3-4-6-21(20)15-22/h3-7,10,13,22H,8-9,11-12,14-16H2,1-2H3/p+1. The van der Waals surface area contributed by atoms with Crippen LogP contribution in [0.5, 0.6) is 0 Å². The van der Waals surface area contributed by atoms with E-state index in [4.69, 9.17) is 0 Å². The van der Waals surface area contributed by atoms with Crippen LogP contribution in [0, 0.1) is 19.7 Å². The van der Waals surface area contributed by atoms with Gasteiger partial charge in [-0.3, -0.25) is 14.4 Å². The largest absolute Gasteiger partial charge is 0.498 e. The third-order valence-electron chi connectivity index (χ3n) is 8.13. The van der Waals surface area contributed by atoms with Crippen molar-refractivity contribution in [3.8, 4) is 0 Å². The molecule has 2 heterocycles. The molecule has 43 heavy (non-hydrogen) atoms. The van der Waals surface area contributed by atoms with Gasteiger partial charge in [0.25, 0.3) is 11.6 Å². The summed E-state index contributed by atoms with van der Waals surface area (Å²) in [6.45, 7) is 3.20. The van der Waals surface area contributed by atoms with E-state index in [0.717, 1.165) is 25.3 Å². The molecule has 5 rings (SSSR count). The Kier molecular flexibility index (Phi) is 8.08. The van der Waals surface area contributed by atoms with E-state index in [-0.39, 0.29) is 53.8 Å². The number of benzene rings is 2. The monoisotopic (exact) mass is 601 g/mol. The number of nitrogens with one attached hydrogen (secondary N) is 1. The second kappa shape index (κ2) is 11.6. The molecule has 226 valence electrons. The van der Waals surface area contributed by atoms with Crippen LogP contribution in [-0.4, -0.2) is 64.5 Å². The van der Waals surface area contributed by atoms with Gasteiger partial charge in [0.1, 0.15) is 17.2 Å². The number of piperazine rings is 1. The average molecular weight is 602 g/mol. The molecule has 1 fully saturated rings. The Morgan fingerprint density at radius 1 is 1.05 bits per heavy atom. The fraction of sp³-hybridized carbons (Fsp3) is 0.367. The maximum Gasteiger partial charge on any atom is 0.498 e. The molecule has 0 saturated carbocycles. The molecular weight excluding hydrogens is 572 g/mol. The summed E-state index contributed by atoms with van der Waals surface area (Å²) in [7, 11) is 0. The number of carbonyl (C=O) groups is 3. The fourth-order valence-corrected chi connectivity index (χ4v) is 5.60. The number of hydrogen-bond donors (Lipinski definition) is 1. The highest BCUT2D eigenvalue weighted by Gasteiger charge is 2.46. The lowest BCUT2D eigenvalue weighted by atomic mass is 9.87. The zero-order chi connectivity index (χ0) is 31.1. The lowest BCUT2D eigenvalue weighted by Crippen LogP contribution is -2.58. The first-order valence-electron chi connectivity index (χ1n) is 13.7. The summed E-state index contributed by atoms with van der Waals surface area (Å²) in [6.07, 6.45) is -3.14. The van der Waals surface area contributed by atoms with E-state index < -0.39 is 29.4 Å². The predicted molar refractivity (Wildman–Crippen MR) is 143 cm³/mol. The number of aromatic amines is 1. The maximum atomic E-state index is 14.9. The predicted octanol–water partition coefficient (Wildman–Crippen LogP) is 2.37. The van der Waals surface area contributed by atoms with Gasteiger partial charge >= 0.3 is 17.7 Å². The normalized spacial score (nSPS) is 17.1. The van der Waals surface area contributed by atoms with Crippen LogP contribution in [0.25, 0.3) is 0 Å². The number of hydrogen-bond acceptors (Lipinski definition) is 5. The minimum atomic E-state index is -5.32. The van der Waals surface area contributed by atoms with E-state index in [1.807, 2.05) is 12.1 Å². The van der Waals surface area contributed by atoms with Gasteiger partial charge in [-0.2, -0.15) is 18.0 Å². The number of alkyl halides is 3. The highest BCUT2D eigenvalue weighted by Crippen LogP contribution is 2.26. The van der Waals surface area contributed by atoms with Crippen LogP contribution in [0.1, 0.15) is 50.3 Å². The summed E-state index contributed by atoms with van der Waals surface area (Å²) in [6, 6.07) is 11.7. The Balaban J connectivity index is 1.33. The Morgan fingerprint density at radius 3 is 2.47 bits per heavy atom. The number of H-pyrrole nitrogens is 1. The van der Waals surface area contributed by atoms with Crippen molar-refractivity contribution >= 4 is 17.8 Å². The van der Waals surface area contributed by atoms with E-state index in [2.05, 4.69) is 22.1 Å². The fourth-order valence-electron chi connectivity index (χ4n) is 5.60. The average Bonchev–Trinajstić information content (AvgIpc) is 2.97. The first-order valence-corrected chi connectivity index (χ1v) is 13.7. The van der Waals surface area contributed by atoms with Crippen molar-refractivity contribution in [1.82, 2.24) is 14.9 Å². The SMILES string of the molecule is Cc1c(C)c(=O)[nH][n+](OC(=O)C(F)(F)F)c1Cc1ccc(F)c(C(=O)N2CCN(C3CCc4ccccc4C3)C(=O)C2)c1. The lowest BCUT2D eigenvalue weighted by Gasteiger charge is -2.41. The molecule has 1 unspecified atom stereocenters. The van der Waals surface area contributed by atoms with Crippen molar-refractivity contribution < 1.29 is 41.6 Å². The Morgan fingerprint density at radius 2 is 1.77 bits per heavy atom. The molecule has 2 amide bonds. The molecule has 0 radical (unpaired) electrons. The summed E-state index contributed by atoms with van der Waals surface area (Å²) in [5.41, 5.74) is 2.07. The quantitative estimate of drug-likeness (QED) is 0.358. The van der Waals surface area contributed by atoms with Gasteiger partial charge < -0.3 is 9.80 Å². The first kappa shape index (κ1) is 29.9. The third-order valence-corrected chi connectivity index (χ3v) is 8.13. The van der Waals surface area contributed by atoms with E-state index >= 15 is 0 Å². The summed E-state index contributed by atoms with van der Waals surface area (Å²) in [5, 5.41) is 2.08. The van der Waals surface area contributed by atoms with Crippen molar-refractivity contribution in [2.45, 2.75) is 51.7 Å². The van der Waals surface area contributed by atoms with E-state index in [1.54, 1.807) is 4.90 Å². The van der Waals surface area contributed by atoms with Crippen LogP contribution < -0.4 is 15.2 Å². The molecule has 1 N–H and O–H groups in total. The summed E-state index contributed by atoms with van der Waals surface area (Å²) in [4.78, 5) is 58.0. The van der Waals surface area contributed by atoms with Crippen LogP contribution in [0.2, 0.25) is 0 Å². The number of amides is 2. The number of nitrogens with zero attached hydrogens (tertiary/aromatic N) is 3. The molecule has 3 aromatic rings. The zero-order valence-corrected chi connectivity index (χ0v) is 23.5. The lowest BCUT2D eigenvalue weighted by molar-refractivity contribution is -0.921. The van der Waals surface area contributed by atoms with Crippen LogP contribution in [0.15, 0.2) is 47.3 Å². The van der Waals surface area contributed by atoms with E-state index in [9.17, 15) is 36.7 Å². The highest BCUT2D eigenvalue weighted by molar-refractivity contribution is 5.97. The molecule has 0 spiro atoms. The molecule has 1 atom stereocenters. The first-order chi connectivity index (χ1) is 20.3. The molecule has 1 aliphatic carbocycles. The van der Waals surface area contributed by atoms with Gasteiger partial charge in [-0.05, 0) is 61.9 Å². The molecular formula is C30H29F4N4O5+. The van der Waals surface area contributed by atoms with Gasteiger partial charge in [-0.25, -0.2) is 9.18 Å². The number of aromatic nitrogens is 2. The number of aryl methyl sites for hydroxylation is 1. The number of fused-ring (bicyclic) bond motifs is 1. The van der Waals surface area contributed by atoms with Crippen molar-refractivity contribution in [2.75, 3.05) is 19.6 Å². The van der Waals surface area contributed by atoms with Crippen LogP contribution in [-0.2, 0) is 28.9 Å². The van der Waals surface area contributed by atoms with Gasteiger partial charge in [0.15, 0.2) is 0 Å². The molecule has 2 aliphatic rings. The van der Waals surface area contributed by atoms with Crippen molar-refractivity contribution in [3.63, 3.8) is 0 Å². The van der Waals surface area contributed by atoms with Crippen LogP contribution in [0.3, 0.4) is 0 Å². The Labute approximate surface area is 243 Å². The highest BCUT2D eigenvalue weighted by atomic mass is 19.4. The number of carbonyl (C=O) groups excluding carboxylic acids is 3. The van der Waals surface area contributed by atoms with Crippen molar-refractivity contribution in [1.29, 1.82) is 0 Å². The molecule has 1 aliphatic heterocycles. The van der Waals surface area contributed by atoms with Gasteiger partial charge in [0.05, 0.1) is 12.0 Å². The summed E-state index contributed by atoms with van der Waals surface area (Å²) < 4.78 is 53.5. The van der Waals surface area contributed by atoms with Gasteiger partial charge in [-0.1, -0.05) is 35.4 Å². The van der Waals surface area contributed by atoms with E-state index in [0.29, 0.717) is 17.0 Å². The number of rotatable bonds is 5. The molecule has 13 heteroatoms. The van der Waals surface area contributed by atoms with Gasteiger partial charge in [0.2, 0.25) is 5.91 Å². The Hall–Kier alpha value is -4.55.